The van der Waals surface area contributed by atoms with Crippen LogP contribution in [0.5, 0.6) is 0 Å². The number of nitrogens with one attached hydrogen (secondary N) is 1. The van der Waals surface area contributed by atoms with Crippen LogP contribution < -0.4 is 5.56 Å². The number of hydrogen-bond donors (Lipinski definition) is 7. The van der Waals surface area contributed by atoms with Gasteiger partial charge in [-0.1, -0.05) is 5.11 Å². The number of phosphoric ester groups is 1. The minimum atomic E-state index is -5.84. The van der Waals surface area contributed by atoms with E-state index < -0.39 is 59.8 Å². The number of ether oxygens (including phenoxy) is 1. The highest BCUT2D eigenvalue weighted by Crippen LogP contribution is 2.66. The summed E-state index contributed by atoms with van der Waals surface area (Å²) in [7, 11) is -17.2. The smallest absolute Gasteiger partial charge is 0.387 e. The van der Waals surface area contributed by atoms with Gasteiger partial charge in [-0.3, -0.25) is 18.9 Å². The molecule has 0 bridgehead atoms. The van der Waals surface area contributed by atoms with Crippen molar-refractivity contribution in [1.29, 1.82) is 0 Å². The summed E-state index contributed by atoms with van der Waals surface area (Å²) in [6.07, 6.45) is -4.63. The molecule has 0 saturated carbocycles. The number of nitrogens with zero attached hydrogens (tertiary/aromatic N) is 4. The molecule has 2 heterocycles. The first kappa shape index (κ1) is 26.9. The van der Waals surface area contributed by atoms with E-state index in [4.69, 9.17) is 37.2 Å². The Hall–Kier alpha value is -1.30. The highest BCUT2D eigenvalue weighted by Gasteiger charge is 2.56. The van der Waals surface area contributed by atoms with E-state index in [1.54, 1.807) is 0 Å². The van der Waals surface area contributed by atoms with Crippen molar-refractivity contribution < 1.29 is 61.4 Å². The molecule has 2 rings (SSSR count). The molecule has 0 radical (unpaired) electrons. The molecule has 1 aromatic heterocycles. The van der Waals surface area contributed by atoms with Gasteiger partial charge in [-0.25, -0.2) is 13.7 Å². The largest absolute Gasteiger partial charge is 0.490 e. The Morgan fingerprint density at radius 1 is 1.25 bits per heavy atom. The van der Waals surface area contributed by atoms with Crippen molar-refractivity contribution in [3.05, 3.63) is 37.8 Å². The van der Waals surface area contributed by atoms with Crippen LogP contribution in [-0.2, 0) is 31.6 Å². The maximum Gasteiger partial charge on any atom is 0.490 e. The lowest BCUT2D eigenvalue weighted by atomic mass is 10.1. The monoisotopic (exact) mass is 541 g/mol. The first-order chi connectivity index (χ1) is 14.5. The van der Waals surface area contributed by atoms with E-state index in [1.807, 2.05) is 0 Å². The Kier molecular flexibility index (Phi) is 8.01. The molecular formula is C9H14N5O14P3S. The third-order valence-corrected chi connectivity index (χ3v) is 7.69. The second kappa shape index (κ2) is 9.52. The molecule has 1 aliphatic heterocycles. The van der Waals surface area contributed by atoms with Gasteiger partial charge < -0.3 is 34.5 Å². The summed E-state index contributed by atoms with van der Waals surface area (Å²) in [5, 5.41) is 23.7. The van der Waals surface area contributed by atoms with Gasteiger partial charge in [0.25, 0.3) is 5.56 Å². The Morgan fingerprint density at radius 3 is 2.41 bits per heavy atom. The molecule has 0 spiro atoms. The molecule has 1 saturated heterocycles. The third-order valence-electron chi connectivity index (χ3n) is 3.59. The quantitative estimate of drug-likeness (QED) is 0.0682. The van der Waals surface area contributed by atoms with Gasteiger partial charge >= 0.3 is 23.5 Å². The molecule has 0 aromatic carbocycles. The SMILES string of the molecule is [N-]=[N+]=N[C@]1(COP(=O)(O)OP(=O)(O)OP(=O)(O)O)O[C@@H](n2ccc(=O)[nH]c2=S)C(O)[C@H]1O. The molecule has 180 valence electrons. The fraction of sp³-hybridized carbons (Fsp3) is 0.556. The van der Waals surface area contributed by atoms with Gasteiger partial charge in [0.05, 0.1) is 6.61 Å². The topological polar surface area (TPSA) is 296 Å². The molecule has 1 fully saturated rings. The highest BCUT2D eigenvalue weighted by molar-refractivity contribution is 7.71. The van der Waals surface area contributed by atoms with E-state index in [0.717, 1.165) is 16.8 Å². The van der Waals surface area contributed by atoms with Crippen LogP contribution in [-0.4, -0.2) is 63.9 Å². The zero-order valence-corrected chi connectivity index (χ0v) is 18.6. The van der Waals surface area contributed by atoms with Crippen LogP contribution in [0.15, 0.2) is 22.2 Å². The molecular weight excluding hydrogens is 527 g/mol. The standard InChI is InChI=1S/C9H14N5O14P3S/c10-13-12-9(3-25-30(21,22)28-31(23,24)27-29(18,19)20)6(17)5(16)7(26-9)14-2-1-4(15)11-8(14)32/h1-2,5-7,16-17H,3H2,(H,21,22)(H,23,24)(H,11,15,32)(H2,18,19,20)/t5?,6-,7-,9-/m1/s1. The summed E-state index contributed by atoms with van der Waals surface area (Å²) >= 11 is 4.89. The maximum absolute atomic E-state index is 11.9. The van der Waals surface area contributed by atoms with Crippen LogP contribution in [0, 0.1) is 4.77 Å². The van der Waals surface area contributed by atoms with Crippen LogP contribution >= 0.6 is 35.7 Å². The predicted octanol–water partition coefficient (Wildman–Crippen LogP) is -0.494. The molecule has 3 unspecified atom stereocenters. The minimum Gasteiger partial charge on any atom is -0.387 e. The number of phosphoric acid groups is 3. The molecule has 1 aromatic rings. The Balaban J connectivity index is 2.28. The van der Waals surface area contributed by atoms with Crippen LogP contribution in [0.3, 0.4) is 0 Å². The summed E-state index contributed by atoms with van der Waals surface area (Å²) in [6, 6.07) is 0.970. The van der Waals surface area contributed by atoms with Gasteiger partial charge in [-0.2, -0.15) is 8.62 Å². The summed E-state index contributed by atoms with van der Waals surface area (Å²) in [6.45, 7) is -1.40. The van der Waals surface area contributed by atoms with Crippen LogP contribution in [0.25, 0.3) is 10.4 Å². The molecule has 0 amide bonds. The van der Waals surface area contributed by atoms with Gasteiger partial charge in [0.1, 0.15) is 12.2 Å². The normalized spacial score (nSPS) is 29.6. The zero-order valence-electron chi connectivity index (χ0n) is 15.1. The Labute approximate surface area is 180 Å². The van der Waals surface area contributed by atoms with Crippen molar-refractivity contribution in [3.63, 3.8) is 0 Å². The van der Waals surface area contributed by atoms with E-state index in [2.05, 4.69) is 28.2 Å². The van der Waals surface area contributed by atoms with Crippen molar-refractivity contribution in [2.75, 3.05) is 6.61 Å². The first-order valence-corrected chi connectivity index (χ1v) is 12.6. The van der Waals surface area contributed by atoms with Gasteiger partial charge in [0, 0.05) is 17.2 Å². The average molecular weight is 541 g/mol. The number of hydrogen-bond acceptors (Lipinski definition) is 12. The summed E-state index contributed by atoms with van der Waals surface area (Å²) < 4.78 is 51.2. The van der Waals surface area contributed by atoms with Crippen LogP contribution in [0.2, 0.25) is 0 Å². The Morgan fingerprint density at radius 2 is 1.88 bits per heavy atom. The van der Waals surface area contributed by atoms with E-state index in [0.29, 0.717) is 0 Å². The van der Waals surface area contributed by atoms with E-state index in [-0.39, 0.29) is 4.77 Å². The maximum atomic E-state index is 11.9. The second-order valence-corrected chi connectivity index (χ2v) is 10.7. The van der Waals surface area contributed by atoms with Gasteiger partial charge in [-0.15, -0.1) is 0 Å². The summed E-state index contributed by atoms with van der Waals surface area (Å²) in [5.74, 6) is 0. The van der Waals surface area contributed by atoms with Crippen LogP contribution in [0.1, 0.15) is 6.23 Å². The first-order valence-electron chi connectivity index (χ1n) is 7.71. The van der Waals surface area contributed by atoms with E-state index in [1.165, 1.54) is 0 Å². The summed E-state index contributed by atoms with van der Waals surface area (Å²) in [5.41, 5.74) is 5.53. The predicted molar refractivity (Wildman–Crippen MR) is 99.7 cm³/mol. The van der Waals surface area contributed by atoms with Gasteiger partial charge in [-0.05, 0) is 17.7 Å². The molecule has 19 nitrogen and oxygen atoms in total. The van der Waals surface area contributed by atoms with Crippen molar-refractivity contribution in [2.45, 2.75) is 24.2 Å². The number of aromatic amines is 1. The molecule has 6 atom stereocenters. The number of aliphatic hydroxyl groups is 2. The molecule has 7 N–H and O–H groups in total. The lowest BCUT2D eigenvalue weighted by molar-refractivity contribution is -0.122. The second-order valence-electron chi connectivity index (χ2n) is 5.86. The third kappa shape index (κ3) is 6.61. The molecule has 1 aliphatic rings. The lowest BCUT2D eigenvalue weighted by Gasteiger charge is -2.27. The van der Waals surface area contributed by atoms with E-state index in [9.17, 15) is 33.6 Å². The number of rotatable bonds is 9. The van der Waals surface area contributed by atoms with E-state index >= 15 is 0 Å². The Bertz CT molecular complexity index is 1170. The fourth-order valence-electron chi connectivity index (χ4n) is 2.40. The summed E-state index contributed by atoms with van der Waals surface area (Å²) in [4.78, 5) is 51.5. The number of H-pyrrole nitrogens is 1. The number of aromatic nitrogens is 2. The highest BCUT2D eigenvalue weighted by atomic mass is 32.1. The molecule has 0 aliphatic carbocycles. The number of aliphatic hydroxyl groups excluding tert-OH is 2. The van der Waals surface area contributed by atoms with Crippen LogP contribution in [0.4, 0.5) is 0 Å². The lowest BCUT2D eigenvalue weighted by Crippen LogP contribution is -2.44. The van der Waals surface area contributed by atoms with Crippen molar-refractivity contribution in [2.24, 2.45) is 5.11 Å². The van der Waals surface area contributed by atoms with Crippen molar-refractivity contribution in [3.8, 4) is 0 Å². The minimum absolute atomic E-state index is 0.293. The van der Waals surface area contributed by atoms with Crippen molar-refractivity contribution in [1.82, 2.24) is 9.55 Å². The molecule has 32 heavy (non-hydrogen) atoms. The average Bonchev–Trinajstić information content (AvgIpc) is 2.83. The zero-order chi connectivity index (χ0) is 24.5. The molecule has 23 heteroatoms. The van der Waals surface area contributed by atoms with Gasteiger partial charge in [0.2, 0.25) is 5.72 Å². The fourth-order valence-corrected chi connectivity index (χ4v) is 5.71. The van der Waals surface area contributed by atoms with Crippen molar-refractivity contribution >= 4 is 35.7 Å². The van der Waals surface area contributed by atoms with Gasteiger partial charge in [0.15, 0.2) is 11.0 Å². The number of azide groups is 1.